The van der Waals surface area contributed by atoms with Crippen LogP contribution in [-0.4, -0.2) is 37.1 Å². The molecule has 4 rings (SSSR count). The fourth-order valence-electron chi connectivity index (χ4n) is 3.69. The molecule has 1 unspecified atom stereocenters. The van der Waals surface area contributed by atoms with Crippen LogP contribution in [0, 0.1) is 0 Å². The number of amides is 1. The van der Waals surface area contributed by atoms with Gasteiger partial charge >= 0.3 is 0 Å². The standard InChI is InChI=1S/C21H23N5O/c1-2-25(15-16-10-12-22-13-11-16)21(27)18-9-6-14-26-19(23-24-20(18)26)17-7-4-3-5-8-17/h3-5,7-8,10-13,18H,2,6,9,14-15H2,1H3. The van der Waals surface area contributed by atoms with Crippen molar-refractivity contribution in [2.75, 3.05) is 6.54 Å². The SMILES string of the molecule is CCN(Cc1ccncc1)C(=O)C1CCCn2c(-c3ccccc3)nnc21. The Labute approximate surface area is 158 Å². The van der Waals surface area contributed by atoms with Gasteiger partial charge in [-0.2, -0.15) is 0 Å². The van der Waals surface area contributed by atoms with Gasteiger partial charge in [-0.1, -0.05) is 30.3 Å². The molecule has 0 aliphatic carbocycles. The van der Waals surface area contributed by atoms with Crippen LogP contribution in [0.15, 0.2) is 54.9 Å². The van der Waals surface area contributed by atoms with Gasteiger partial charge in [0, 0.05) is 37.6 Å². The molecule has 1 aliphatic heterocycles. The van der Waals surface area contributed by atoms with Gasteiger partial charge < -0.3 is 9.47 Å². The van der Waals surface area contributed by atoms with Crippen molar-refractivity contribution in [2.45, 2.75) is 38.8 Å². The first kappa shape index (κ1) is 17.4. The van der Waals surface area contributed by atoms with Gasteiger partial charge in [0.25, 0.3) is 0 Å². The molecule has 1 aromatic carbocycles. The molecule has 0 N–H and O–H groups in total. The van der Waals surface area contributed by atoms with Crippen LogP contribution in [0.3, 0.4) is 0 Å². The maximum absolute atomic E-state index is 13.3. The summed E-state index contributed by atoms with van der Waals surface area (Å²) in [6, 6.07) is 13.9. The fourth-order valence-corrected chi connectivity index (χ4v) is 3.69. The smallest absolute Gasteiger partial charge is 0.233 e. The van der Waals surface area contributed by atoms with Gasteiger partial charge in [-0.3, -0.25) is 9.78 Å². The zero-order valence-electron chi connectivity index (χ0n) is 15.5. The maximum atomic E-state index is 13.3. The quantitative estimate of drug-likeness (QED) is 0.700. The monoisotopic (exact) mass is 361 g/mol. The van der Waals surface area contributed by atoms with Crippen LogP contribution < -0.4 is 0 Å². The van der Waals surface area contributed by atoms with Crippen molar-refractivity contribution in [3.05, 3.63) is 66.2 Å². The minimum atomic E-state index is -0.231. The molecule has 6 heteroatoms. The molecule has 0 saturated heterocycles. The summed E-state index contributed by atoms with van der Waals surface area (Å²) >= 11 is 0. The number of benzene rings is 1. The normalized spacial score (nSPS) is 16.0. The third-order valence-electron chi connectivity index (χ3n) is 5.11. The third kappa shape index (κ3) is 3.47. The minimum Gasteiger partial charge on any atom is -0.338 e. The number of likely N-dealkylation sites (N-methyl/N-ethyl adjacent to an activating group) is 1. The topological polar surface area (TPSA) is 63.9 Å². The second-order valence-corrected chi connectivity index (χ2v) is 6.80. The van der Waals surface area contributed by atoms with Crippen molar-refractivity contribution in [2.24, 2.45) is 0 Å². The Morgan fingerprint density at radius 3 is 2.67 bits per heavy atom. The van der Waals surface area contributed by atoms with E-state index < -0.39 is 0 Å². The number of fused-ring (bicyclic) bond motifs is 1. The first-order valence-electron chi connectivity index (χ1n) is 9.44. The highest BCUT2D eigenvalue weighted by atomic mass is 16.2. The number of hydrogen-bond acceptors (Lipinski definition) is 4. The summed E-state index contributed by atoms with van der Waals surface area (Å²) in [7, 11) is 0. The summed E-state index contributed by atoms with van der Waals surface area (Å²) in [4.78, 5) is 19.2. The Morgan fingerprint density at radius 2 is 1.93 bits per heavy atom. The van der Waals surface area contributed by atoms with Crippen LogP contribution in [0.4, 0.5) is 0 Å². The molecular formula is C21H23N5O. The Hall–Kier alpha value is -3.02. The van der Waals surface area contributed by atoms with Crippen LogP contribution in [0.2, 0.25) is 0 Å². The lowest BCUT2D eigenvalue weighted by Gasteiger charge is -2.29. The van der Waals surface area contributed by atoms with E-state index in [2.05, 4.69) is 19.7 Å². The average molecular weight is 361 g/mol. The van der Waals surface area contributed by atoms with Crippen LogP contribution in [-0.2, 0) is 17.9 Å². The average Bonchev–Trinajstić information content (AvgIpc) is 3.17. The molecule has 0 bridgehead atoms. The zero-order chi connectivity index (χ0) is 18.6. The molecular weight excluding hydrogens is 338 g/mol. The highest BCUT2D eigenvalue weighted by Gasteiger charge is 2.33. The number of carbonyl (C=O) groups excluding carboxylic acids is 1. The Bertz CT molecular complexity index is 907. The van der Waals surface area contributed by atoms with Crippen molar-refractivity contribution in [1.82, 2.24) is 24.6 Å². The largest absolute Gasteiger partial charge is 0.338 e. The summed E-state index contributed by atoms with van der Waals surface area (Å²) in [5.41, 5.74) is 2.12. The maximum Gasteiger partial charge on any atom is 0.233 e. The van der Waals surface area contributed by atoms with E-state index in [1.54, 1.807) is 12.4 Å². The Kier molecular flexibility index (Phi) is 4.96. The molecule has 0 fully saturated rings. The number of rotatable bonds is 5. The van der Waals surface area contributed by atoms with E-state index in [0.29, 0.717) is 13.1 Å². The van der Waals surface area contributed by atoms with Crippen molar-refractivity contribution in [3.63, 3.8) is 0 Å². The molecule has 2 aromatic heterocycles. The summed E-state index contributed by atoms with van der Waals surface area (Å²) in [5.74, 6) is 1.53. The lowest BCUT2D eigenvalue weighted by molar-refractivity contribution is -0.134. The highest BCUT2D eigenvalue weighted by molar-refractivity contribution is 5.83. The van der Waals surface area contributed by atoms with Crippen molar-refractivity contribution >= 4 is 5.91 Å². The van der Waals surface area contributed by atoms with Crippen LogP contribution in [0.5, 0.6) is 0 Å². The lowest BCUT2D eigenvalue weighted by Crippen LogP contribution is -2.37. The van der Waals surface area contributed by atoms with E-state index in [1.807, 2.05) is 54.3 Å². The predicted molar refractivity (Wildman–Crippen MR) is 103 cm³/mol. The van der Waals surface area contributed by atoms with Gasteiger partial charge in [-0.15, -0.1) is 10.2 Å². The second kappa shape index (κ2) is 7.70. The predicted octanol–water partition coefficient (Wildman–Crippen LogP) is 3.27. The van der Waals surface area contributed by atoms with Crippen LogP contribution >= 0.6 is 0 Å². The Morgan fingerprint density at radius 1 is 1.15 bits per heavy atom. The summed E-state index contributed by atoms with van der Waals surface area (Å²) in [6.07, 6.45) is 5.29. The van der Waals surface area contributed by atoms with Gasteiger partial charge in [0.05, 0.1) is 5.92 Å². The number of carbonyl (C=O) groups is 1. The van der Waals surface area contributed by atoms with E-state index in [9.17, 15) is 4.79 Å². The van der Waals surface area contributed by atoms with E-state index in [0.717, 1.165) is 42.2 Å². The molecule has 1 amide bonds. The van der Waals surface area contributed by atoms with E-state index in [1.165, 1.54) is 0 Å². The minimum absolute atomic E-state index is 0.127. The first-order chi connectivity index (χ1) is 13.3. The molecule has 6 nitrogen and oxygen atoms in total. The highest BCUT2D eigenvalue weighted by Crippen LogP contribution is 2.31. The van der Waals surface area contributed by atoms with E-state index in [4.69, 9.17) is 0 Å². The molecule has 1 aliphatic rings. The van der Waals surface area contributed by atoms with Crippen LogP contribution in [0.1, 0.15) is 37.1 Å². The second-order valence-electron chi connectivity index (χ2n) is 6.80. The zero-order valence-corrected chi connectivity index (χ0v) is 15.5. The van der Waals surface area contributed by atoms with Gasteiger partial charge in [-0.25, -0.2) is 0 Å². The molecule has 0 spiro atoms. The molecule has 27 heavy (non-hydrogen) atoms. The number of nitrogens with zero attached hydrogens (tertiary/aromatic N) is 5. The van der Waals surface area contributed by atoms with Crippen LogP contribution in [0.25, 0.3) is 11.4 Å². The first-order valence-corrected chi connectivity index (χ1v) is 9.44. The number of aromatic nitrogens is 4. The molecule has 1 atom stereocenters. The van der Waals surface area contributed by atoms with E-state index in [-0.39, 0.29) is 11.8 Å². The van der Waals surface area contributed by atoms with E-state index >= 15 is 0 Å². The third-order valence-corrected chi connectivity index (χ3v) is 5.11. The molecule has 3 aromatic rings. The van der Waals surface area contributed by atoms with Crippen molar-refractivity contribution in [3.8, 4) is 11.4 Å². The number of hydrogen-bond donors (Lipinski definition) is 0. The summed E-state index contributed by atoms with van der Waals surface area (Å²) < 4.78 is 2.11. The summed E-state index contributed by atoms with van der Waals surface area (Å²) in [6.45, 7) is 4.13. The molecule has 0 radical (unpaired) electrons. The van der Waals surface area contributed by atoms with Gasteiger partial charge in [0.2, 0.25) is 5.91 Å². The Balaban J connectivity index is 1.60. The number of pyridine rings is 1. The lowest BCUT2D eigenvalue weighted by atomic mass is 9.96. The van der Waals surface area contributed by atoms with Gasteiger partial charge in [0.1, 0.15) is 5.82 Å². The summed E-state index contributed by atoms with van der Waals surface area (Å²) in [5, 5.41) is 8.82. The van der Waals surface area contributed by atoms with Gasteiger partial charge in [0.15, 0.2) is 5.82 Å². The molecule has 138 valence electrons. The van der Waals surface area contributed by atoms with Gasteiger partial charge in [-0.05, 0) is 37.5 Å². The van der Waals surface area contributed by atoms with Crippen molar-refractivity contribution in [1.29, 1.82) is 0 Å². The molecule has 0 saturated carbocycles. The molecule has 3 heterocycles. The van der Waals surface area contributed by atoms with Crippen molar-refractivity contribution < 1.29 is 4.79 Å². The fraction of sp³-hybridized carbons (Fsp3) is 0.333.